The molecule has 1 amide bonds. The minimum Gasteiger partial charge on any atom is -0.456 e. The molecule has 0 spiro atoms. The van der Waals surface area contributed by atoms with Crippen LogP contribution < -0.4 is 5.32 Å². The Balaban J connectivity index is 1.43. The number of hydrogen-bond donors (Lipinski definition) is 1. The standard InChI is InChI=1S/C21H23BrN2O5S/c22-17-6-8-18(9-7-17)23-20(25)15-29-21(26)12-5-16-3-10-19(11-4-16)30(27,28)24-13-1-2-14-24/h3-4,6-11H,1-2,5,12-15H2,(H,23,25). The second-order valence-corrected chi connectivity index (χ2v) is 9.82. The Bertz CT molecular complexity index is 985. The SMILES string of the molecule is O=C(COC(=O)CCc1ccc(S(=O)(=O)N2CCCC2)cc1)Nc1ccc(Br)cc1. The van der Waals surface area contributed by atoms with Gasteiger partial charge in [-0.15, -0.1) is 0 Å². The zero-order valence-corrected chi connectivity index (χ0v) is 18.7. The number of nitrogens with one attached hydrogen (secondary N) is 1. The Morgan fingerprint density at radius 3 is 2.27 bits per heavy atom. The van der Waals surface area contributed by atoms with Gasteiger partial charge in [-0.2, -0.15) is 4.31 Å². The molecule has 0 aromatic heterocycles. The van der Waals surface area contributed by atoms with Gasteiger partial charge in [0, 0.05) is 29.7 Å². The average molecular weight is 495 g/mol. The van der Waals surface area contributed by atoms with Gasteiger partial charge < -0.3 is 10.1 Å². The molecule has 2 aromatic carbocycles. The Morgan fingerprint density at radius 1 is 1.00 bits per heavy atom. The van der Waals surface area contributed by atoms with E-state index < -0.39 is 21.9 Å². The maximum atomic E-state index is 12.5. The van der Waals surface area contributed by atoms with Crippen LogP contribution >= 0.6 is 15.9 Å². The van der Waals surface area contributed by atoms with Crippen molar-refractivity contribution in [2.45, 2.75) is 30.6 Å². The van der Waals surface area contributed by atoms with Crippen molar-refractivity contribution in [3.05, 3.63) is 58.6 Å². The van der Waals surface area contributed by atoms with Crippen molar-refractivity contribution in [3.63, 3.8) is 0 Å². The summed E-state index contributed by atoms with van der Waals surface area (Å²) in [5, 5.41) is 2.64. The molecule has 9 heteroatoms. The Kier molecular flexibility index (Phi) is 7.63. The Hall–Kier alpha value is -2.23. The van der Waals surface area contributed by atoms with E-state index in [9.17, 15) is 18.0 Å². The van der Waals surface area contributed by atoms with E-state index in [0.717, 1.165) is 22.9 Å². The summed E-state index contributed by atoms with van der Waals surface area (Å²) < 4.78 is 32.4. The highest BCUT2D eigenvalue weighted by Crippen LogP contribution is 2.21. The molecule has 1 N–H and O–H groups in total. The van der Waals surface area contributed by atoms with E-state index in [0.29, 0.717) is 25.2 Å². The predicted molar refractivity (Wildman–Crippen MR) is 116 cm³/mol. The van der Waals surface area contributed by atoms with E-state index in [1.165, 1.54) is 4.31 Å². The number of halogens is 1. The molecule has 1 saturated heterocycles. The minimum absolute atomic E-state index is 0.101. The van der Waals surface area contributed by atoms with Crippen LogP contribution in [-0.4, -0.2) is 44.3 Å². The van der Waals surface area contributed by atoms with Gasteiger partial charge in [-0.05, 0) is 61.2 Å². The van der Waals surface area contributed by atoms with Crippen LogP contribution in [0.4, 0.5) is 5.69 Å². The largest absolute Gasteiger partial charge is 0.456 e. The van der Waals surface area contributed by atoms with Gasteiger partial charge in [0.1, 0.15) is 0 Å². The van der Waals surface area contributed by atoms with E-state index in [1.54, 1.807) is 48.5 Å². The first-order valence-electron chi connectivity index (χ1n) is 9.65. The fraction of sp³-hybridized carbons (Fsp3) is 0.333. The zero-order chi connectivity index (χ0) is 21.6. The van der Waals surface area contributed by atoms with Crippen LogP contribution in [0.2, 0.25) is 0 Å². The summed E-state index contributed by atoms with van der Waals surface area (Å²) in [6.45, 7) is 0.762. The quantitative estimate of drug-likeness (QED) is 0.568. The lowest BCUT2D eigenvalue weighted by Crippen LogP contribution is -2.27. The van der Waals surface area contributed by atoms with Crippen molar-refractivity contribution in [2.24, 2.45) is 0 Å². The van der Waals surface area contributed by atoms with Gasteiger partial charge >= 0.3 is 5.97 Å². The molecule has 30 heavy (non-hydrogen) atoms. The van der Waals surface area contributed by atoms with Crippen LogP contribution in [-0.2, 0) is 30.8 Å². The van der Waals surface area contributed by atoms with E-state index in [4.69, 9.17) is 4.74 Å². The van der Waals surface area contributed by atoms with Gasteiger partial charge in [-0.3, -0.25) is 9.59 Å². The molecule has 0 atom stereocenters. The van der Waals surface area contributed by atoms with Crippen molar-refractivity contribution in [1.82, 2.24) is 4.31 Å². The highest BCUT2D eigenvalue weighted by Gasteiger charge is 2.26. The van der Waals surface area contributed by atoms with Crippen molar-refractivity contribution < 1.29 is 22.7 Å². The Morgan fingerprint density at radius 2 is 1.63 bits per heavy atom. The van der Waals surface area contributed by atoms with Gasteiger partial charge in [0.15, 0.2) is 6.61 Å². The van der Waals surface area contributed by atoms with E-state index >= 15 is 0 Å². The molecule has 1 fully saturated rings. The molecule has 1 heterocycles. The van der Waals surface area contributed by atoms with Crippen LogP contribution in [0.5, 0.6) is 0 Å². The third kappa shape index (κ3) is 6.13. The van der Waals surface area contributed by atoms with Crippen molar-refractivity contribution in [2.75, 3.05) is 25.0 Å². The molecule has 2 aromatic rings. The molecule has 0 radical (unpaired) electrons. The predicted octanol–water partition coefficient (Wildman–Crippen LogP) is 3.35. The maximum Gasteiger partial charge on any atom is 0.306 e. The molecule has 3 rings (SSSR count). The lowest BCUT2D eigenvalue weighted by atomic mass is 10.1. The van der Waals surface area contributed by atoms with Gasteiger partial charge in [0.05, 0.1) is 4.90 Å². The highest BCUT2D eigenvalue weighted by molar-refractivity contribution is 9.10. The summed E-state index contributed by atoms with van der Waals surface area (Å²) in [6, 6.07) is 13.6. The van der Waals surface area contributed by atoms with Crippen molar-refractivity contribution in [1.29, 1.82) is 0 Å². The number of hydrogen-bond acceptors (Lipinski definition) is 5. The molecule has 0 bridgehead atoms. The van der Waals surface area contributed by atoms with Crippen LogP contribution in [0.25, 0.3) is 0 Å². The fourth-order valence-electron chi connectivity index (χ4n) is 3.10. The first kappa shape index (κ1) is 22.5. The number of benzene rings is 2. The lowest BCUT2D eigenvalue weighted by Gasteiger charge is -2.15. The number of nitrogens with zero attached hydrogens (tertiary/aromatic N) is 1. The van der Waals surface area contributed by atoms with Gasteiger partial charge in [0.25, 0.3) is 5.91 Å². The lowest BCUT2D eigenvalue weighted by molar-refractivity contribution is -0.147. The van der Waals surface area contributed by atoms with Crippen molar-refractivity contribution >= 4 is 43.5 Å². The first-order chi connectivity index (χ1) is 14.3. The molecule has 160 valence electrons. The van der Waals surface area contributed by atoms with E-state index in [-0.39, 0.29) is 17.9 Å². The monoisotopic (exact) mass is 494 g/mol. The maximum absolute atomic E-state index is 12.5. The number of ether oxygens (including phenoxy) is 1. The van der Waals surface area contributed by atoms with Crippen LogP contribution in [0.1, 0.15) is 24.8 Å². The first-order valence-corrected chi connectivity index (χ1v) is 11.9. The molecule has 0 aliphatic carbocycles. The van der Waals surface area contributed by atoms with Gasteiger partial charge in [0.2, 0.25) is 10.0 Å². The van der Waals surface area contributed by atoms with Gasteiger partial charge in [-0.25, -0.2) is 8.42 Å². The average Bonchev–Trinajstić information content (AvgIpc) is 3.29. The summed E-state index contributed by atoms with van der Waals surface area (Å²) in [6.07, 6.45) is 2.28. The number of amides is 1. The van der Waals surface area contributed by atoms with E-state index in [2.05, 4.69) is 21.2 Å². The number of anilines is 1. The number of carbonyl (C=O) groups excluding carboxylic acids is 2. The molecule has 1 aliphatic rings. The third-order valence-electron chi connectivity index (χ3n) is 4.74. The minimum atomic E-state index is -3.44. The smallest absolute Gasteiger partial charge is 0.306 e. The molecule has 0 saturated carbocycles. The summed E-state index contributed by atoms with van der Waals surface area (Å²) in [7, 11) is -3.44. The second kappa shape index (κ2) is 10.2. The number of sulfonamides is 1. The highest BCUT2D eigenvalue weighted by atomic mass is 79.9. The summed E-state index contributed by atoms with van der Waals surface area (Å²) in [4.78, 5) is 24.0. The molecule has 0 unspecified atom stereocenters. The number of rotatable bonds is 8. The van der Waals surface area contributed by atoms with Crippen molar-refractivity contribution in [3.8, 4) is 0 Å². The second-order valence-electron chi connectivity index (χ2n) is 6.97. The molecular weight excluding hydrogens is 472 g/mol. The number of esters is 1. The summed E-state index contributed by atoms with van der Waals surface area (Å²) in [5.41, 5.74) is 1.44. The number of aryl methyl sites for hydroxylation is 1. The fourth-order valence-corrected chi connectivity index (χ4v) is 4.88. The molecule has 1 aliphatic heterocycles. The summed E-state index contributed by atoms with van der Waals surface area (Å²) >= 11 is 3.31. The molecule has 7 nitrogen and oxygen atoms in total. The number of carbonyl (C=O) groups is 2. The summed E-state index contributed by atoms with van der Waals surface area (Å²) in [5.74, 6) is -0.906. The normalized spacial score (nSPS) is 14.4. The molecular formula is C21H23BrN2O5S. The van der Waals surface area contributed by atoms with Crippen LogP contribution in [0.15, 0.2) is 57.9 Å². The zero-order valence-electron chi connectivity index (χ0n) is 16.3. The van der Waals surface area contributed by atoms with Gasteiger partial charge in [-0.1, -0.05) is 28.1 Å². The third-order valence-corrected chi connectivity index (χ3v) is 7.18. The van der Waals surface area contributed by atoms with E-state index in [1.807, 2.05) is 0 Å². The van der Waals surface area contributed by atoms with Crippen LogP contribution in [0.3, 0.4) is 0 Å². The Labute approximate surface area is 184 Å². The topological polar surface area (TPSA) is 92.8 Å². The van der Waals surface area contributed by atoms with Crippen LogP contribution in [0, 0.1) is 0 Å².